The second kappa shape index (κ2) is 4.93. The summed E-state index contributed by atoms with van der Waals surface area (Å²) in [7, 11) is 0. The Morgan fingerprint density at radius 2 is 2.00 bits per heavy atom. The minimum absolute atomic E-state index is 0.0111. The van der Waals surface area contributed by atoms with E-state index in [1.165, 1.54) is 0 Å². The van der Waals surface area contributed by atoms with Gasteiger partial charge in [0.15, 0.2) is 5.78 Å². The van der Waals surface area contributed by atoms with Crippen molar-refractivity contribution in [1.82, 2.24) is 15.0 Å². The van der Waals surface area contributed by atoms with Crippen LogP contribution in [0.5, 0.6) is 0 Å². The Morgan fingerprint density at radius 3 is 2.84 bits per heavy atom. The van der Waals surface area contributed by atoms with Gasteiger partial charge in [-0.2, -0.15) is 0 Å². The van der Waals surface area contributed by atoms with E-state index < -0.39 is 0 Å². The third-order valence-electron chi connectivity index (χ3n) is 2.86. The Balaban J connectivity index is 1.91. The molecule has 19 heavy (non-hydrogen) atoms. The predicted octanol–water partition coefficient (Wildman–Crippen LogP) is 3.08. The number of carbonyl (C=O) groups excluding carboxylic acids is 1. The van der Waals surface area contributed by atoms with Gasteiger partial charge in [-0.25, -0.2) is 4.68 Å². The first kappa shape index (κ1) is 12.0. The van der Waals surface area contributed by atoms with Crippen LogP contribution in [0.25, 0.3) is 11.0 Å². The van der Waals surface area contributed by atoms with Crippen molar-refractivity contribution in [3.63, 3.8) is 0 Å². The van der Waals surface area contributed by atoms with E-state index in [-0.39, 0.29) is 12.3 Å². The number of aromatic nitrogens is 3. The van der Waals surface area contributed by atoms with Crippen LogP contribution in [0.1, 0.15) is 10.4 Å². The zero-order valence-corrected chi connectivity index (χ0v) is 11.5. The molecule has 0 aliphatic heterocycles. The summed E-state index contributed by atoms with van der Waals surface area (Å²) in [6, 6.07) is 14.9. The van der Waals surface area contributed by atoms with Gasteiger partial charge in [0.25, 0.3) is 0 Å². The number of halogens is 1. The molecule has 2 aromatic carbocycles. The third-order valence-corrected chi connectivity index (χ3v) is 3.35. The summed E-state index contributed by atoms with van der Waals surface area (Å²) in [5.41, 5.74) is 2.32. The molecule has 94 valence electrons. The fraction of sp³-hybridized carbons (Fsp3) is 0.0714. The number of hydrogen-bond donors (Lipinski definition) is 0. The Labute approximate surface area is 118 Å². The van der Waals surface area contributed by atoms with Crippen molar-refractivity contribution in [2.75, 3.05) is 0 Å². The molecule has 3 aromatic rings. The molecule has 0 saturated heterocycles. The number of rotatable bonds is 3. The largest absolute Gasteiger partial charge is 0.292 e. The van der Waals surface area contributed by atoms with Gasteiger partial charge in [-0.3, -0.25) is 4.79 Å². The maximum Gasteiger partial charge on any atom is 0.184 e. The monoisotopic (exact) mass is 315 g/mol. The third kappa shape index (κ3) is 2.42. The number of ketones is 1. The second-order valence-electron chi connectivity index (χ2n) is 4.17. The maximum atomic E-state index is 12.2. The van der Waals surface area contributed by atoms with E-state index in [4.69, 9.17) is 0 Å². The molecule has 1 heterocycles. The predicted molar refractivity (Wildman–Crippen MR) is 76.0 cm³/mol. The highest BCUT2D eigenvalue weighted by molar-refractivity contribution is 9.10. The number of hydrogen-bond acceptors (Lipinski definition) is 3. The molecule has 0 amide bonds. The van der Waals surface area contributed by atoms with Crippen molar-refractivity contribution < 1.29 is 4.79 Å². The van der Waals surface area contributed by atoms with Crippen LogP contribution in [0.2, 0.25) is 0 Å². The summed E-state index contributed by atoms with van der Waals surface area (Å²) in [6.45, 7) is 0.191. The number of benzene rings is 2. The Kier molecular flexibility index (Phi) is 3.13. The van der Waals surface area contributed by atoms with Crippen molar-refractivity contribution in [2.45, 2.75) is 6.54 Å². The number of Topliss-reactive ketones (excluding diaryl/α,β-unsaturated/α-hetero) is 1. The standard InChI is InChI=1S/C14H10BrN3O/c15-11-5-3-4-10(8-11)14(19)9-18-13-7-2-1-6-12(13)16-17-18/h1-8H,9H2. The number of para-hydroxylation sites is 1. The van der Waals surface area contributed by atoms with Crippen LogP contribution < -0.4 is 0 Å². The number of nitrogens with zero attached hydrogens (tertiary/aromatic N) is 3. The normalized spacial score (nSPS) is 10.8. The van der Waals surface area contributed by atoms with Crippen molar-refractivity contribution in [3.05, 3.63) is 58.6 Å². The van der Waals surface area contributed by atoms with Gasteiger partial charge in [-0.05, 0) is 24.3 Å². The number of fused-ring (bicyclic) bond motifs is 1. The second-order valence-corrected chi connectivity index (χ2v) is 5.09. The highest BCUT2D eigenvalue weighted by atomic mass is 79.9. The number of carbonyl (C=O) groups is 1. The molecule has 0 aliphatic carbocycles. The molecule has 0 saturated carbocycles. The van der Waals surface area contributed by atoms with Gasteiger partial charge in [-0.15, -0.1) is 5.10 Å². The van der Waals surface area contributed by atoms with Gasteiger partial charge in [-0.1, -0.05) is 45.4 Å². The van der Waals surface area contributed by atoms with E-state index in [0.29, 0.717) is 5.56 Å². The van der Waals surface area contributed by atoms with Gasteiger partial charge in [0.2, 0.25) is 0 Å². The highest BCUT2D eigenvalue weighted by Gasteiger charge is 2.10. The minimum atomic E-state index is 0.0111. The fourth-order valence-electron chi connectivity index (χ4n) is 1.92. The lowest BCUT2D eigenvalue weighted by atomic mass is 10.1. The quantitative estimate of drug-likeness (QED) is 0.698. The highest BCUT2D eigenvalue weighted by Crippen LogP contribution is 2.14. The molecule has 0 spiro atoms. The van der Waals surface area contributed by atoms with Gasteiger partial charge >= 0.3 is 0 Å². The average molecular weight is 316 g/mol. The van der Waals surface area contributed by atoms with E-state index in [1.54, 1.807) is 16.8 Å². The van der Waals surface area contributed by atoms with E-state index in [0.717, 1.165) is 15.5 Å². The molecule has 4 nitrogen and oxygen atoms in total. The maximum absolute atomic E-state index is 12.2. The molecule has 1 aromatic heterocycles. The lowest BCUT2D eigenvalue weighted by Gasteiger charge is -2.02. The van der Waals surface area contributed by atoms with Crippen molar-refractivity contribution in [2.24, 2.45) is 0 Å². The van der Waals surface area contributed by atoms with Gasteiger partial charge in [0.05, 0.1) is 5.52 Å². The zero-order chi connectivity index (χ0) is 13.2. The van der Waals surface area contributed by atoms with E-state index in [2.05, 4.69) is 26.2 Å². The van der Waals surface area contributed by atoms with Gasteiger partial charge < -0.3 is 0 Å². The first-order valence-electron chi connectivity index (χ1n) is 5.81. The lowest BCUT2D eigenvalue weighted by Crippen LogP contribution is -2.11. The van der Waals surface area contributed by atoms with Crippen LogP contribution in [-0.2, 0) is 6.54 Å². The van der Waals surface area contributed by atoms with Crippen molar-refractivity contribution in [1.29, 1.82) is 0 Å². The molecule has 0 bridgehead atoms. The Bertz CT molecular complexity index is 751. The first-order valence-corrected chi connectivity index (χ1v) is 6.60. The van der Waals surface area contributed by atoms with Crippen LogP contribution in [0.4, 0.5) is 0 Å². The van der Waals surface area contributed by atoms with Crippen molar-refractivity contribution >= 4 is 32.7 Å². The summed E-state index contributed by atoms with van der Waals surface area (Å²) in [5, 5.41) is 8.05. The molecule has 0 unspecified atom stereocenters. The van der Waals surface area contributed by atoms with Crippen LogP contribution in [0.3, 0.4) is 0 Å². The molecule has 0 fully saturated rings. The topological polar surface area (TPSA) is 47.8 Å². The van der Waals surface area contributed by atoms with Crippen LogP contribution >= 0.6 is 15.9 Å². The summed E-state index contributed by atoms with van der Waals surface area (Å²) < 4.78 is 2.51. The molecule has 0 radical (unpaired) electrons. The smallest absolute Gasteiger partial charge is 0.184 e. The van der Waals surface area contributed by atoms with Gasteiger partial charge in [0.1, 0.15) is 12.1 Å². The summed E-state index contributed by atoms with van der Waals surface area (Å²) in [6.07, 6.45) is 0. The zero-order valence-electron chi connectivity index (χ0n) is 9.95. The van der Waals surface area contributed by atoms with E-state index in [9.17, 15) is 4.79 Å². The molecule has 0 aliphatic rings. The van der Waals surface area contributed by atoms with E-state index >= 15 is 0 Å². The lowest BCUT2D eigenvalue weighted by molar-refractivity contribution is 0.0968. The Hall–Kier alpha value is -2.01. The van der Waals surface area contributed by atoms with Gasteiger partial charge in [0, 0.05) is 10.0 Å². The van der Waals surface area contributed by atoms with Crippen molar-refractivity contribution in [3.8, 4) is 0 Å². The molecular formula is C14H10BrN3O. The van der Waals surface area contributed by atoms with Crippen LogP contribution in [0.15, 0.2) is 53.0 Å². The average Bonchev–Trinajstić information content (AvgIpc) is 2.82. The Morgan fingerprint density at radius 1 is 1.16 bits per heavy atom. The van der Waals surface area contributed by atoms with Crippen LogP contribution in [0, 0.1) is 0 Å². The molecule has 0 N–H and O–H groups in total. The molecule has 0 atom stereocenters. The van der Waals surface area contributed by atoms with E-state index in [1.807, 2.05) is 36.4 Å². The molecule has 5 heteroatoms. The molecule has 3 rings (SSSR count). The first-order chi connectivity index (χ1) is 9.24. The summed E-state index contributed by atoms with van der Waals surface area (Å²) in [4.78, 5) is 12.2. The van der Waals surface area contributed by atoms with Crippen LogP contribution in [-0.4, -0.2) is 20.8 Å². The fourth-order valence-corrected chi connectivity index (χ4v) is 2.32. The molecular weight excluding hydrogens is 306 g/mol. The SMILES string of the molecule is O=C(Cn1nnc2ccccc21)c1cccc(Br)c1. The minimum Gasteiger partial charge on any atom is -0.292 e. The summed E-state index contributed by atoms with van der Waals surface area (Å²) in [5.74, 6) is 0.0111. The summed E-state index contributed by atoms with van der Waals surface area (Å²) >= 11 is 3.36.